The number of rotatable bonds is 10. The van der Waals surface area contributed by atoms with Crippen molar-refractivity contribution in [3.05, 3.63) is 40.1 Å². The summed E-state index contributed by atoms with van der Waals surface area (Å²) >= 11 is 3.63. The highest BCUT2D eigenvalue weighted by Crippen LogP contribution is 2.36. The van der Waals surface area contributed by atoms with Crippen molar-refractivity contribution < 1.29 is 14.3 Å². The third-order valence-corrected chi connectivity index (χ3v) is 9.19. The first-order chi connectivity index (χ1) is 18.9. The molecule has 0 spiro atoms. The summed E-state index contributed by atoms with van der Waals surface area (Å²) in [7, 11) is 1.60. The molecule has 1 saturated heterocycles. The number of nitrogens with zero attached hydrogens (tertiary/aromatic N) is 3. The number of likely N-dealkylation sites (tertiary alicyclic amines) is 1. The number of carbonyl (C=O) groups is 2. The van der Waals surface area contributed by atoms with Crippen LogP contribution < -0.4 is 15.4 Å². The van der Waals surface area contributed by atoms with Gasteiger partial charge >= 0.3 is 0 Å². The molecule has 3 aliphatic rings. The van der Waals surface area contributed by atoms with E-state index in [2.05, 4.69) is 36.4 Å². The predicted molar refractivity (Wildman–Crippen MR) is 162 cm³/mol. The molecular formula is C31H44BrN5O3. The van der Waals surface area contributed by atoms with Crippen LogP contribution in [0, 0.1) is 11.8 Å². The number of ether oxygens (including phenoxy) is 1. The van der Waals surface area contributed by atoms with Crippen LogP contribution in [-0.4, -0.2) is 58.8 Å². The standard InChI is InChI=1S/C30H40BrN5O3.CH4/c1-19(37)15-20-5-3-4-6-21(20)16-27-25(31)18-32-30(35-27)34-26-10-7-22(17-28(26)39-2)29(38)33-23-11-13-36(14-12-23)24-8-9-24;/h7,10,17-18,20-21,23-24H,3-6,8-9,11-16H2,1-2H3,(H,33,38)(H,32,34,35);1H4/t20-,21-;/m0./s1. The molecule has 8 nitrogen and oxygen atoms in total. The van der Waals surface area contributed by atoms with Crippen molar-refractivity contribution in [3.8, 4) is 5.75 Å². The normalized spacial score (nSPS) is 21.8. The maximum absolute atomic E-state index is 13.0. The van der Waals surface area contributed by atoms with Gasteiger partial charge in [-0.1, -0.05) is 20.3 Å². The van der Waals surface area contributed by atoms with Gasteiger partial charge in [0.05, 0.1) is 23.0 Å². The molecule has 2 aromatic rings. The van der Waals surface area contributed by atoms with Gasteiger partial charge in [0.25, 0.3) is 5.91 Å². The third kappa shape index (κ3) is 7.81. The summed E-state index contributed by atoms with van der Waals surface area (Å²) in [5.74, 6) is 2.09. The highest BCUT2D eigenvalue weighted by molar-refractivity contribution is 9.10. The second-order valence-electron chi connectivity index (χ2n) is 11.5. The maximum Gasteiger partial charge on any atom is 0.251 e. The smallest absolute Gasteiger partial charge is 0.251 e. The number of aromatic nitrogens is 2. The number of piperidine rings is 1. The fourth-order valence-electron chi connectivity index (χ4n) is 6.22. The molecule has 2 atom stereocenters. The average Bonchev–Trinajstić information content (AvgIpc) is 3.78. The Bertz CT molecular complexity index is 1180. The van der Waals surface area contributed by atoms with Crippen LogP contribution in [0.5, 0.6) is 5.75 Å². The zero-order valence-electron chi connectivity index (χ0n) is 23.0. The Morgan fingerprint density at radius 1 is 1.07 bits per heavy atom. The second-order valence-corrected chi connectivity index (χ2v) is 12.3. The minimum Gasteiger partial charge on any atom is -0.495 e. The van der Waals surface area contributed by atoms with Crippen LogP contribution >= 0.6 is 15.9 Å². The molecule has 3 fully saturated rings. The van der Waals surface area contributed by atoms with E-state index in [0.29, 0.717) is 41.2 Å². The molecule has 2 saturated carbocycles. The van der Waals surface area contributed by atoms with Crippen LogP contribution in [0.2, 0.25) is 0 Å². The molecular weight excluding hydrogens is 570 g/mol. The summed E-state index contributed by atoms with van der Waals surface area (Å²) in [6, 6.07) is 6.43. The van der Waals surface area contributed by atoms with Gasteiger partial charge in [-0.05, 0) is 97.8 Å². The summed E-state index contributed by atoms with van der Waals surface area (Å²) in [4.78, 5) is 36.6. The van der Waals surface area contributed by atoms with Crippen LogP contribution in [0.4, 0.5) is 11.6 Å². The second kappa shape index (κ2) is 13.9. The number of benzene rings is 1. The van der Waals surface area contributed by atoms with Gasteiger partial charge in [0.1, 0.15) is 11.5 Å². The molecule has 2 aliphatic carbocycles. The van der Waals surface area contributed by atoms with Crippen molar-refractivity contribution in [2.24, 2.45) is 11.8 Å². The number of hydrogen-bond acceptors (Lipinski definition) is 7. The van der Waals surface area contributed by atoms with Crippen molar-refractivity contribution in [2.75, 3.05) is 25.5 Å². The SMILES string of the molecule is C.COc1cc(C(=O)NC2CCN(C3CC3)CC2)ccc1Nc1ncc(Br)c(C[C@@H]2CCCC[C@H]2CC(C)=O)n1. The molecule has 40 heavy (non-hydrogen) atoms. The summed E-state index contributed by atoms with van der Waals surface area (Å²) in [6.07, 6.45) is 12.5. The molecule has 1 amide bonds. The lowest BCUT2D eigenvalue weighted by Crippen LogP contribution is -2.45. The van der Waals surface area contributed by atoms with Crippen LogP contribution in [0.3, 0.4) is 0 Å². The van der Waals surface area contributed by atoms with E-state index in [9.17, 15) is 9.59 Å². The Hall–Kier alpha value is -2.52. The quantitative estimate of drug-likeness (QED) is 0.324. The number of nitrogens with one attached hydrogen (secondary N) is 2. The van der Waals surface area contributed by atoms with Gasteiger partial charge in [0.15, 0.2) is 0 Å². The zero-order chi connectivity index (χ0) is 27.4. The van der Waals surface area contributed by atoms with E-state index in [4.69, 9.17) is 9.72 Å². The summed E-state index contributed by atoms with van der Waals surface area (Å²) in [5, 5.41) is 6.49. The number of hydrogen-bond donors (Lipinski definition) is 2. The number of Topliss-reactive ketones (excluding diaryl/α,β-unsaturated/α-hetero) is 1. The van der Waals surface area contributed by atoms with Crippen molar-refractivity contribution >= 4 is 39.3 Å². The van der Waals surface area contributed by atoms with Crippen molar-refractivity contribution in [1.29, 1.82) is 0 Å². The minimum atomic E-state index is -0.0699. The van der Waals surface area contributed by atoms with Gasteiger partial charge in [0.2, 0.25) is 5.95 Å². The van der Waals surface area contributed by atoms with E-state index >= 15 is 0 Å². The molecule has 5 rings (SSSR count). The van der Waals surface area contributed by atoms with Crippen molar-refractivity contribution in [2.45, 2.75) is 90.6 Å². The Morgan fingerprint density at radius 3 is 2.48 bits per heavy atom. The van der Waals surface area contributed by atoms with E-state index in [-0.39, 0.29) is 25.2 Å². The molecule has 218 valence electrons. The highest BCUT2D eigenvalue weighted by atomic mass is 79.9. The number of methoxy groups -OCH3 is 1. The minimum absolute atomic E-state index is 0. The number of amides is 1. The number of halogens is 1. The maximum atomic E-state index is 13.0. The van der Waals surface area contributed by atoms with E-state index in [0.717, 1.165) is 61.4 Å². The van der Waals surface area contributed by atoms with Gasteiger partial charge in [-0.3, -0.25) is 4.79 Å². The first-order valence-electron chi connectivity index (χ1n) is 14.4. The predicted octanol–water partition coefficient (Wildman–Crippen LogP) is 6.31. The fraction of sp³-hybridized carbons (Fsp3) is 0.613. The molecule has 1 aliphatic heterocycles. The zero-order valence-corrected chi connectivity index (χ0v) is 24.6. The third-order valence-electron chi connectivity index (χ3n) is 8.53. The summed E-state index contributed by atoms with van der Waals surface area (Å²) in [6.45, 7) is 3.82. The van der Waals surface area contributed by atoms with E-state index in [1.807, 2.05) is 12.1 Å². The fourth-order valence-corrected chi connectivity index (χ4v) is 6.57. The van der Waals surface area contributed by atoms with Crippen molar-refractivity contribution in [1.82, 2.24) is 20.2 Å². The molecule has 0 bridgehead atoms. The summed E-state index contributed by atoms with van der Waals surface area (Å²) in [5.41, 5.74) is 2.22. The topological polar surface area (TPSA) is 96.5 Å². The lowest BCUT2D eigenvalue weighted by molar-refractivity contribution is -0.118. The molecule has 2 N–H and O–H groups in total. The van der Waals surface area contributed by atoms with Gasteiger partial charge in [0, 0.05) is 43.4 Å². The lowest BCUT2D eigenvalue weighted by Gasteiger charge is -2.32. The Kier molecular flexibility index (Phi) is 10.6. The van der Waals surface area contributed by atoms with E-state index in [1.54, 1.807) is 26.3 Å². The highest BCUT2D eigenvalue weighted by Gasteiger charge is 2.32. The number of anilines is 2. The summed E-state index contributed by atoms with van der Waals surface area (Å²) < 4.78 is 6.50. The van der Waals surface area contributed by atoms with Gasteiger partial charge in [-0.15, -0.1) is 0 Å². The van der Waals surface area contributed by atoms with Gasteiger partial charge < -0.3 is 25.1 Å². The van der Waals surface area contributed by atoms with Crippen LogP contribution in [0.1, 0.15) is 88.2 Å². The van der Waals surface area contributed by atoms with Crippen LogP contribution in [-0.2, 0) is 11.2 Å². The monoisotopic (exact) mass is 613 g/mol. The first kappa shape index (κ1) is 30.4. The molecule has 9 heteroatoms. The van der Waals surface area contributed by atoms with E-state index in [1.165, 1.54) is 25.7 Å². The largest absolute Gasteiger partial charge is 0.495 e. The molecule has 1 aromatic heterocycles. The average molecular weight is 615 g/mol. The molecule has 1 aromatic carbocycles. The Morgan fingerprint density at radius 2 is 1.80 bits per heavy atom. The molecule has 0 unspecified atom stereocenters. The Balaban J connectivity index is 0.00000370. The van der Waals surface area contributed by atoms with Gasteiger partial charge in [-0.25, -0.2) is 9.97 Å². The number of ketones is 1. The van der Waals surface area contributed by atoms with Crippen molar-refractivity contribution in [3.63, 3.8) is 0 Å². The van der Waals surface area contributed by atoms with Crippen LogP contribution in [0.15, 0.2) is 28.9 Å². The molecule has 0 radical (unpaired) electrons. The van der Waals surface area contributed by atoms with E-state index < -0.39 is 0 Å². The van der Waals surface area contributed by atoms with Gasteiger partial charge in [-0.2, -0.15) is 0 Å². The van der Waals surface area contributed by atoms with Crippen LogP contribution in [0.25, 0.3) is 0 Å². The number of carbonyl (C=O) groups excluding carboxylic acids is 2. The first-order valence-corrected chi connectivity index (χ1v) is 15.2. The lowest BCUT2D eigenvalue weighted by atomic mass is 9.75. The molecule has 2 heterocycles. The Labute approximate surface area is 247 Å².